The number of piperidine rings is 1. The fourth-order valence-corrected chi connectivity index (χ4v) is 3.37. The Hall–Kier alpha value is -2.33. The van der Waals surface area contributed by atoms with Crippen LogP contribution in [0.5, 0.6) is 5.75 Å². The number of rotatable bonds is 4. The first-order chi connectivity index (χ1) is 12.0. The molecule has 3 rings (SSSR count). The highest BCUT2D eigenvalue weighted by Gasteiger charge is 2.22. The number of likely N-dealkylation sites (tertiary alicyclic amines) is 1. The normalized spacial score (nSPS) is 15.9. The number of hydrogen-bond acceptors (Lipinski definition) is 3. The zero-order chi connectivity index (χ0) is 17.8. The minimum atomic E-state index is -0.182. The third-order valence-corrected chi connectivity index (χ3v) is 5.06. The summed E-state index contributed by atoms with van der Waals surface area (Å²) in [6, 6.07) is 13.9. The summed E-state index contributed by atoms with van der Waals surface area (Å²) in [6.45, 7) is 6.86. The summed E-state index contributed by atoms with van der Waals surface area (Å²) >= 11 is 0. The smallest absolute Gasteiger partial charge is 0.255 e. The molecular weight excluding hydrogens is 312 g/mol. The van der Waals surface area contributed by atoms with Crippen LogP contribution in [0.4, 0.5) is 0 Å². The van der Waals surface area contributed by atoms with Crippen LogP contribution >= 0.6 is 0 Å². The van der Waals surface area contributed by atoms with Crippen LogP contribution in [0.2, 0.25) is 0 Å². The van der Waals surface area contributed by atoms with Crippen LogP contribution in [0.15, 0.2) is 42.5 Å². The highest BCUT2D eigenvalue weighted by Crippen LogP contribution is 2.22. The first kappa shape index (κ1) is 17.5. The van der Waals surface area contributed by atoms with Gasteiger partial charge in [-0.2, -0.15) is 0 Å². The molecule has 0 unspecified atom stereocenters. The highest BCUT2D eigenvalue weighted by atomic mass is 16.3. The Labute approximate surface area is 149 Å². The Kier molecular flexibility index (Phi) is 5.39. The molecule has 0 atom stereocenters. The minimum Gasteiger partial charge on any atom is -0.507 e. The number of benzene rings is 2. The second kappa shape index (κ2) is 7.70. The Morgan fingerprint density at radius 1 is 1.08 bits per heavy atom. The van der Waals surface area contributed by atoms with Gasteiger partial charge in [-0.25, -0.2) is 0 Å². The van der Waals surface area contributed by atoms with Crippen LogP contribution in [0.3, 0.4) is 0 Å². The SMILES string of the molecule is Cc1ccccc1CN1CCC(NC(=O)c2cccc(C)c2O)CC1. The number of phenols is 1. The summed E-state index contributed by atoms with van der Waals surface area (Å²) in [4.78, 5) is 14.9. The van der Waals surface area contributed by atoms with Crippen molar-refractivity contribution in [1.82, 2.24) is 10.2 Å². The monoisotopic (exact) mass is 338 g/mol. The predicted octanol–water partition coefficient (Wildman–Crippen LogP) is 3.40. The molecular formula is C21H26N2O2. The number of aryl methyl sites for hydroxylation is 2. The molecule has 2 N–H and O–H groups in total. The summed E-state index contributed by atoms with van der Waals surface area (Å²) < 4.78 is 0. The average molecular weight is 338 g/mol. The standard InChI is InChI=1S/C21H26N2O2/c1-15-6-3-4-8-17(15)14-23-12-10-18(11-13-23)22-21(25)19-9-5-7-16(2)20(19)24/h3-9,18,24H,10-14H2,1-2H3,(H,22,25). The fourth-order valence-electron chi connectivity index (χ4n) is 3.37. The number of para-hydroxylation sites is 1. The second-order valence-corrected chi connectivity index (χ2v) is 6.92. The maximum Gasteiger partial charge on any atom is 0.255 e. The largest absolute Gasteiger partial charge is 0.507 e. The third kappa shape index (κ3) is 4.20. The van der Waals surface area contributed by atoms with Gasteiger partial charge in [0.05, 0.1) is 5.56 Å². The summed E-state index contributed by atoms with van der Waals surface area (Å²) in [5, 5.41) is 13.1. The van der Waals surface area contributed by atoms with Crippen molar-refractivity contribution in [2.75, 3.05) is 13.1 Å². The molecule has 0 radical (unpaired) electrons. The van der Waals surface area contributed by atoms with Crippen molar-refractivity contribution in [3.63, 3.8) is 0 Å². The summed E-state index contributed by atoms with van der Waals surface area (Å²) in [5.74, 6) is -0.101. The van der Waals surface area contributed by atoms with Crippen molar-refractivity contribution in [3.05, 3.63) is 64.7 Å². The third-order valence-electron chi connectivity index (χ3n) is 5.06. The molecule has 1 heterocycles. The first-order valence-electron chi connectivity index (χ1n) is 8.91. The molecule has 0 aliphatic carbocycles. The van der Waals surface area contributed by atoms with Crippen molar-refractivity contribution in [1.29, 1.82) is 0 Å². The van der Waals surface area contributed by atoms with Gasteiger partial charge in [-0.1, -0.05) is 36.4 Å². The quantitative estimate of drug-likeness (QED) is 0.898. The van der Waals surface area contributed by atoms with Crippen LogP contribution in [0.1, 0.15) is 39.9 Å². The van der Waals surface area contributed by atoms with Crippen LogP contribution in [-0.2, 0) is 6.54 Å². The van der Waals surface area contributed by atoms with E-state index in [-0.39, 0.29) is 17.7 Å². The molecule has 4 heteroatoms. The summed E-state index contributed by atoms with van der Waals surface area (Å²) in [5.41, 5.74) is 3.78. The Morgan fingerprint density at radius 2 is 1.76 bits per heavy atom. The van der Waals surface area contributed by atoms with Gasteiger partial charge in [-0.3, -0.25) is 9.69 Å². The van der Waals surface area contributed by atoms with E-state index in [9.17, 15) is 9.90 Å². The van der Waals surface area contributed by atoms with Crippen molar-refractivity contribution in [2.45, 2.75) is 39.3 Å². The Balaban J connectivity index is 1.53. The summed E-state index contributed by atoms with van der Waals surface area (Å²) in [7, 11) is 0. The van der Waals surface area contributed by atoms with E-state index < -0.39 is 0 Å². The number of hydrogen-bond donors (Lipinski definition) is 2. The molecule has 0 spiro atoms. The van der Waals surface area contributed by atoms with Gasteiger partial charge >= 0.3 is 0 Å². The Morgan fingerprint density at radius 3 is 2.48 bits per heavy atom. The zero-order valence-corrected chi connectivity index (χ0v) is 15.0. The van der Waals surface area contributed by atoms with Gasteiger partial charge in [-0.05, 0) is 49.4 Å². The second-order valence-electron chi connectivity index (χ2n) is 6.92. The van der Waals surface area contributed by atoms with E-state index in [1.54, 1.807) is 25.1 Å². The van der Waals surface area contributed by atoms with Crippen LogP contribution in [0, 0.1) is 13.8 Å². The average Bonchev–Trinajstić information content (AvgIpc) is 2.61. The van der Waals surface area contributed by atoms with Crippen molar-refractivity contribution < 1.29 is 9.90 Å². The molecule has 1 amide bonds. The number of amides is 1. The van der Waals surface area contributed by atoms with Crippen molar-refractivity contribution in [3.8, 4) is 5.75 Å². The van der Waals surface area contributed by atoms with E-state index in [0.29, 0.717) is 5.56 Å². The van der Waals surface area contributed by atoms with E-state index in [2.05, 4.69) is 41.4 Å². The maximum atomic E-state index is 12.4. The van der Waals surface area contributed by atoms with E-state index >= 15 is 0 Å². The summed E-state index contributed by atoms with van der Waals surface area (Å²) in [6.07, 6.45) is 1.87. The number of nitrogens with one attached hydrogen (secondary N) is 1. The Bertz CT molecular complexity index is 749. The van der Waals surface area contributed by atoms with Gasteiger partial charge in [0.25, 0.3) is 5.91 Å². The molecule has 1 saturated heterocycles. The van der Waals surface area contributed by atoms with Gasteiger partial charge in [-0.15, -0.1) is 0 Å². The number of carbonyl (C=O) groups is 1. The maximum absolute atomic E-state index is 12.4. The first-order valence-corrected chi connectivity index (χ1v) is 8.91. The van der Waals surface area contributed by atoms with Crippen LogP contribution in [0.25, 0.3) is 0 Å². The number of phenolic OH excluding ortho intramolecular Hbond substituents is 1. The predicted molar refractivity (Wildman–Crippen MR) is 99.8 cm³/mol. The minimum absolute atomic E-state index is 0.0805. The lowest BCUT2D eigenvalue weighted by atomic mass is 10.0. The van der Waals surface area contributed by atoms with Crippen molar-refractivity contribution in [2.24, 2.45) is 0 Å². The molecule has 1 aliphatic heterocycles. The molecule has 1 fully saturated rings. The molecule has 2 aromatic carbocycles. The number of aromatic hydroxyl groups is 1. The molecule has 0 bridgehead atoms. The lowest BCUT2D eigenvalue weighted by Crippen LogP contribution is -2.44. The van der Waals surface area contributed by atoms with Gasteiger partial charge < -0.3 is 10.4 Å². The van der Waals surface area contributed by atoms with Gasteiger partial charge in [0.2, 0.25) is 0 Å². The molecule has 0 aromatic heterocycles. The molecule has 0 saturated carbocycles. The fraction of sp³-hybridized carbons (Fsp3) is 0.381. The van der Waals surface area contributed by atoms with Crippen LogP contribution in [-0.4, -0.2) is 35.0 Å². The van der Waals surface area contributed by atoms with E-state index in [1.165, 1.54) is 11.1 Å². The van der Waals surface area contributed by atoms with Crippen molar-refractivity contribution >= 4 is 5.91 Å². The molecule has 4 nitrogen and oxygen atoms in total. The van der Waals surface area contributed by atoms with E-state index in [0.717, 1.165) is 38.0 Å². The highest BCUT2D eigenvalue weighted by molar-refractivity contribution is 5.97. The zero-order valence-electron chi connectivity index (χ0n) is 15.0. The van der Waals surface area contributed by atoms with Gasteiger partial charge in [0.1, 0.15) is 5.75 Å². The molecule has 132 valence electrons. The molecule has 2 aromatic rings. The molecule has 1 aliphatic rings. The number of carbonyl (C=O) groups excluding carboxylic acids is 1. The molecule has 25 heavy (non-hydrogen) atoms. The topological polar surface area (TPSA) is 52.6 Å². The number of nitrogens with zero attached hydrogens (tertiary/aromatic N) is 1. The van der Waals surface area contributed by atoms with E-state index in [4.69, 9.17) is 0 Å². The van der Waals surface area contributed by atoms with Crippen LogP contribution < -0.4 is 5.32 Å². The van der Waals surface area contributed by atoms with Gasteiger partial charge in [0, 0.05) is 25.7 Å². The van der Waals surface area contributed by atoms with Gasteiger partial charge in [0.15, 0.2) is 0 Å². The van der Waals surface area contributed by atoms with E-state index in [1.807, 2.05) is 0 Å². The lowest BCUT2D eigenvalue weighted by molar-refractivity contribution is 0.0906. The lowest BCUT2D eigenvalue weighted by Gasteiger charge is -2.32.